The second-order valence-corrected chi connectivity index (χ2v) is 4.58. The van der Waals surface area contributed by atoms with E-state index < -0.39 is 23.2 Å². The first-order valence-corrected chi connectivity index (χ1v) is 5.89. The molecule has 0 saturated heterocycles. The van der Waals surface area contributed by atoms with Gasteiger partial charge in [-0.2, -0.15) is 0 Å². The molecule has 6 heteroatoms. The number of hydrogen-bond donors (Lipinski definition) is 3. The number of primary amides is 1. The third-order valence-corrected chi connectivity index (χ3v) is 2.86. The van der Waals surface area contributed by atoms with Crippen LogP contribution in [0.3, 0.4) is 0 Å². The third kappa shape index (κ3) is 4.57. The van der Waals surface area contributed by atoms with Crippen molar-refractivity contribution in [2.45, 2.75) is 31.7 Å². The third-order valence-electron chi connectivity index (χ3n) is 2.86. The maximum atomic E-state index is 13.1. The minimum Gasteiger partial charge on any atom is -0.481 e. The van der Waals surface area contributed by atoms with Gasteiger partial charge in [0.25, 0.3) is 0 Å². The number of benzene rings is 1. The molecule has 0 aromatic heterocycles. The molecule has 5 nitrogen and oxygen atoms in total. The summed E-state index contributed by atoms with van der Waals surface area (Å²) in [4.78, 5) is 22.0. The lowest BCUT2D eigenvalue weighted by Gasteiger charge is -2.28. The predicted molar refractivity (Wildman–Crippen MR) is 69.1 cm³/mol. The highest BCUT2D eigenvalue weighted by Crippen LogP contribution is 2.21. The smallest absolute Gasteiger partial charge is 0.303 e. The summed E-state index contributed by atoms with van der Waals surface area (Å²) in [7, 11) is 0. The molecule has 1 aromatic carbocycles. The van der Waals surface area contributed by atoms with E-state index in [1.165, 1.54) is 18.2 Å². The quantitative estimate of drug-likeness (QED) is 0.702. The molecular formula is C13H17FN2O3. The van der Waals surface area contributed by atoms with Gasteiger partial charge >= 0.3 is 5.97 Å². The van der Waals surface area contributed by atoms with E-state index in [9.17, 15) is 14.0 Å². The van der Waals surface area contributed by atoms with Crippen molar-refractivity contribution in [1.82, 2.24) is 0 Å². The van der Waals surface area contributed by atoms with E-state index >= 15 is 0 Å². The first kappa shape index (κ1) is 14.9. The van der Waals surface area contributed by atoms with Crippen LogP contribution in [0.5, 0.6) is 0 Å². The van der Waals surface area contributed by atoms with Crippen molar-refractivity contribution in [3.05, 3.63) is 30.1 Å². The molecule has 0 aliphatic rings. The maximum Gasteiger partial charge on any atom is 0.303 e. The minimum atomic E-state index is -1.11. The zero-order valence-electron chi connectivity index (χ0n) is 10.6. The van der Waals surface area contributed by atoms with Crippen molar-refractivity contribution >= 4 is 17.6 Å². The van der Waals surface area contributed by atoms with Gasteiger partial charge in [-0.25, -0.2) is 4.39 Å². The molecule has 0 saturated carbocycles. The lowest BCUT2D eigenvalue weighted by Crippen LogP contribution is -2.48. The summed E-state index contributed by atoms with van der Waals surface area (Å²) < 4.78 is 13.1. The molecule has 0 fully saturated rings. The van der Waals surface area contributed by atoms with Crippen LogP contribution in [0.1, 0.15) is 26.2 Å². The molecule has 0 aliphatic carbocycles. The molecule has 104 valence electrons. The fraction of sp³-hybridized carbons (Fsp3) is 0.385. The van der Waals surface area contributed by atoms with Gasteiger partial charge in [-0.05, 0) is 38.0 Å². The lowest BCUT2D eigenvalue weighted by atomic mass is 9.93. The van der Waals surface area contributed by atoms with Crippen molar-refractivity contribution < 1.29 is 19.1 Å². The summed E-state index contributed by atoms with van der Waals surface area (Å²) in [6.07, 6.45) is 0.510. The number of amides is 1. The second-order valence-electron chi connectivity index (χ2n) is 4.58. The number of nitrogens with two attached hydrogens (primary N) is 1. The summed E-state index contributed by atoms with van der Waals surface area (Å²) in [5.41, 5.74) is 4.65. The van der Waals surface area contributed by atoms with Crippen LogP contribution in [0.4, 0.5) is 10.1 Å². The van der Waals surface area contributed by atoms with Gasteiger partial charge in [0.05, 0.1) is 0 Å². The van der Waals surface area contributed by atoms with Gasteiger partial charge in [0, 0.05) is 12.1 Å². The fourth-order valence-electron chi connectivity index (χ4n) is 1.73. The van der Waals surface area contributed by atoms with Gasteiger partial charge in [0.15, 0.2) is 0 Å². The van der Waals surface area contributed by atoms with E-state index in [1.807, 2.05) is 0 Å². The first-order valence-electron chi connectivity index (χ1n) is 5.89. The Morgan fingerprint density at radius 1 is 1.47 bits per heavy atom. The number of hydrogen-bond acceptors (Lipinski definition) is 3. The maximum absolute atomic E-state index is 13.1. The highest BCUT2D eigenvalue weighted by Gasteiger charge is 2.30. The Labute approximate surface area is 110 Å². The molecule has 0 aliphatic heterocycles. The minimum absolute atomic E-state index is 0.0479. The Kier molecular flexibility index (Phi) is 4.86. The molecule has 0 bridgehead atoms. The number of carbonyl (C=O) groups is 2. The Bertz CT molecular complexity index is 479. The SMILES string of the molecule is CC(CCCC(=O)O)(Nc1cccc(F)c1)C(N)=O. The van der Waals surface area contributed by atoms with Crippen molar-refractivity contribution in [3.8, 4) is 0 Å². The average molecular weight is 268 g/mol. The molecular weight excluding hydrogens is 251 g/mol. The summed E-state index contributed by atoms with van der Waals surface area (Å²) in [5.74, 6) is -1.97. The molecule has 19 heavy (non-hydrogen) atoms. The van der Waals surface area contributed by atoms with E-state index in [0.717, 1.165) is 0 Å². The van der Waals surface area contributed by atoms with Crippen molar-refractivity contribution in [2.75, 3.05) is 5.32 Å². The van der Waals surface area contributed by atoms with E-state index in [0.29, 0.717) is 12.1 Å². The van der Waals surface area contributed by atoms with Crippen LogP contribution < -0.4 is 11.1 Å². The Balaban J connectivity index is 2.76. The van der Waals surface area contributed by atoms with Crippen LogP contribution in [0.25, 0.3) is 0 Å². The standard InChI is InChI=1S/C13H17FN2O3/c1-13(12(15)19,7-3-6-11(17)18)16-10-5-2-4-9(14)8-10/h2,4-5,8,16H,3,6-7H2,1H3,(H2,15,19)(H,17,18). The van der Waals surface area contributed by atoms with Crippen LogP contribution >= 0.6 is 0 Å². The molecule has 1 atom stereocenters. The average Bonchev–Trinajstić information content (AvgIpc) is 2.28. The van der Waals surface area contributed by atoms with Crippen LogP contribution in [0, 0.1) is 5.82 Å². The summed E-state index contributed by atoms with van der Waals surface area (Å²) in [5, 5.41) is 11.5. The molecule has 1 amide bonds. The second kappa shape index (κ2) is 6.17. The van der Waals surface area contributed by atoms with Crippen LogP contribution in [0.2, 0.25) is 0 Å². The van der Waals surface area contributed by atoms with Gasteiger partial charge < -0.3 is 16.2 Å². The van der Waals surface area contributed by atoms with E-state index in [-0.39, 0.29) is 12.8 Å². The molecule has 0 heterocycles. The Morgan fingerprint density at radius 2 is 2.16 bits per heavy atom. The summed E-state index contributed by atoms with van der Waals surface area (Å²) >= 11 is 0. The summed E-state index contributed by atoms with van der Waals surface area (Å²) in [6, 6.07) is 5.66. The van der Waals surface area contributed by atoms with E-state index in [2.05, 4.69) is 5.32 Å². The van der Waals surface area contributed by atoms with Crippen LogP contribution in [0.15, 0.2) is 24.3 Å². The van der Waals surface area contributed by atoms with E-state index in [1.54, 1.807) is 13.0 Å². The molecule has 4 N–H and O–H groups in total. The molecule has 1 rings (SSSR count). The number of rotatable bonds is 7. The topological polar surface area (TPSA) is 92.4 Å². The lowest BCUT2D eigenvalue weighted by molar-refractivity contribution is -0.137. The van der Waals surface area contributed by atoms with Crippen LogP contribution in [-0.2, 0) is 9.59 Å². The number of carboxylic acid groups (broad SMARTS) is 1. The molecule has 0 radical (unpaired) electrons. The van der Waals surface area contributed by atoms with Gasteiger partial charge in [0.2, 0.25) is 5.91 Å². The number of halogens is 1. The highest BCUT2D eigenvalue weighted by atomic mass is 19.1. The monoisotopic (exact) mass is 268 g/mol. The molecule has 0 spiro atoms. The van der Waals surface area contributed by atoms with Crippen LogP contribution in [-0.4, -0.2) is 22.5 Å². The normalized spacial score (nSPS) is 13.6. The molecule has 1 aromatic rings. The Hall–Kier alpha value is -2.11. The number of carboxylic acids is 1. The fourth-order valence-corrected chi connectivity index (χ4v) is 1.73. The van der Waals surface area contributed by atoms with Gasteiger partial charge in [0.1, 0.15) is 11.4 Å². The molecule has 1 unspecified atom stereocenters. The Morgan fingerprint density at radius 3 is 2.68 bits per heavy atom. The van der Waals surface area contributed by atoms with Crippen molar-refractivity contribution in [1.29, 1.82) is 0 Å². The number of carbonyl (C=O) groups excluding carboxylic acids is 1. The number of anilines is 1. The zero-order chi connectivity index (χ0) is 14.5. The largest absolute Gasteiger partial charge is 0.481 e. The van der Waals surface area contributed by atoms with E-state index in [4.69, 9.17) is 10.8 Å². The number of nitrogens with one attached hydrogen (secondary N) is 1. The van der Waals surface area contributed by atoms with Gasteiger partial charge in [-0.1, -0.05) is 6.07 Å². The zero-order valence-corrected chi connectivity index (χ0v) is 10.6. The summed E-state index contributed by atoms with van der Waals surface area (Å²) in [6.45, 7) is 1.57. The van der Waals surface area contributed by atoms with Crippen molar-refractivity contribution in [2.24, 2.45) is 5.73 Å². The predicted octanol–water partition coefficient (Wildman–Crippen LogP) is 1.74. The first-order chi connectivity index (χ1) is 8.83. The van der Waals surface area contributed by atoms with Gasteiger partial charge in [-0.15, -0.1) is 0 Å². The highest BCUT2D eigenvalue weighted by molar-refractivity contribution is 5.87. The number of aliphatic carboxylic acids is 1. The van der Waals surface area contributed by atoms with Crippen molar-refractivity contribution in [3.63, 3.8) is 0 Å². The van der Waals surface area contributed by atoms with Gasteiger partial charge in [-0.3, -0.25) is 9.59 Å².